The second kappa shape index (κ2) is 10.9. The summed E-state index contributed by atoms with van der Waals surface area (Å²) in [7, 11) is 0. The number of hydrogen-bond donors (Lipinski definition) is 2. The number of nitrogens with two attached hydrogens (primary N) is 1. The largest absolute Gasteiger partial charge is 0.404 e. The van der Waals surface area contributed by atoms with Crippen LogP contribution in [-0.2, 0) is 10.4 Å². The van der Waals surface area contributed by atoms with E-state index in [0.29, 0.717) is 65.7 Å². The third-order valence-corrected chi connectivity index (χ3v) is 5.64. The summed E-state index contributed by atoms with van der Waals surface area (Å²) in [4.78, 5) is 23.2. The molecule has 182 valence electrons. The molecule has 35 heavy (non-hydrogen) atoms. The molecule has 1 saturated heterocycles. The van der Waals surface area contributed by atoms with Gasteiger partial charge in [0.25, 0.3) is 5.91 Å². The number of morpholine rings is 1. The predicted octanol–water partition coefficient (Wildman–Crippen LogP) is 3.84. The van der Waals surface area contributed by atoms with E-state index in [0.717, 1.165) is 0 Å². The number of halogens is 1. The minimum Gasteiger partial charge on any atom is -0.404 e. The molecule has 9 heteroatoms. The zero-order valence-corrected chi connectivity index (χ0v) is 20.1. The molecule has 0 unspecified atom stereocenters. The molecular weight excluding hydrogens is 447 g/mol. The van der Waals surface area contributed by atoms with Crippen LogP contribution in [0, 0.1) is 18.3 Å². The number of allylic oxidation sites excluding steroid dienone is 3. The molecule has 0 bridgehead atoms. The van der Waals surface area contributed by atoms with Crippen molar-refractivity contribution >= 4 is 17.2 Å². The maximum atomic E-state index is 14.3. The molecule has 8 nitrogen and oxygen atoms in total. The van der Waals surface area contributed by atoms with Crippen LogP contribution in [0.4, 0.5) is 10.1 Å². The van der Waals surface area contributed by atoms with Gasteiger partial charge in [-0.05, 0) is 50.6 Å². The molecular formula is C26H29FN6O2. The summed E-state index contributed by atoms with van der Waals surface area (Å²) in [5.41, 5.74) is 7.95. The van der Waals surface area contributed by atoms with Gasteiger partial charge in [0.05, 0.1) is 30.7 Å². The maximum Gasteiger partial charge on any atom is 0.274 e. The van der Waals surface area contributed by atoms with Gasteiger partial charge in [-0.2, -0.15) is 5.26 Å². The Labute approximate surface area is 204 Å². The van der Waals surface area contributed by atoms with Gasteiger partial charge in [-0.25, -0.2) is 4.39 Å². The fourth-order valence-corrected chi connectivity index (χ4v) is 3.57. The van der Waals surface area contributed by atoms with Crippen LogP contribution < -0.4 is 11.1 Å². The van der Waals surface area contributed by atoms with Crippen LogP contribution in [0.2, 0.25) is 0 Å². The monoisotopic (exact) mass is 476 g/mol. The lowest BCUT2D eigenvalue weighted by molar-refractivity contribution is 0.0552. The summed E-state index contributed by atoms with van der Waals surface area (Å²) in [5, 5.41) is 12.5. The first-order valence-electron chi connectivity index (χ1n) is 11.1. The van der Waals surface area contributed by atoms with Gasteiger partial charge in [-0.1, -0.05) is 6.58 Å². The summed E-state index contributed by atoms with van der Waals surface area (Å²) < 4.78 is 19.7. The van der Waals surface area contributed by atoms with Crippen LogP contribution in [0.15, 0.2) is 60.7 Å². The molecule has 3 rings (SSSR count). The highest BCUT2D eigenvalue weighted by Crippen LogP contribution is 2.27. The van der Waals surface area contributed by atoms with Crippen molar-refractivity contribution in [2.24, 2.45) is 5.73 Å². The van der Waals surface area contributed by atoms with Crippen molar-refractivity contribution in [3.8, 4) is 6.07 Å². The minimum atomic E-state index is -1.60. The lowest BCUT2D eigenvalue weighted by atomic mass is 10.0. The van der Waals surface area contributed by atoms with E-state index in [1.165, 1.54) is 44.6 Å². The standard InChI is InChI=1S/C26H29FN6O2/c1-17-23(20(15-29)11-19(14-28)18(2)33-7-9-35-10-8-33)13-22(16-31-17)32-25(34)24-12-21(5-6-30-24)26(3,4)27/h5-6,11-13,15-16H,2,7-10,29H2,1,3-4H3,(H,32,34)/b19-11-,20-15+. The van der Waals surface area contributed by atoms with E-state index in [4.69, 9.17) is 10.5 Å². The number of hydrogen-bond acceptors (Lipinski definition) is 7. The van der Waals surface area contributed by atoms with Gasteiger partial charge in [-0.3, -0.25) is 14.8 Å². The Bertz CT molecular complexity index is 1220. The van der Waals surface area contributed by atoms with E-state index in [1.807, 2.05) is 4.90 Å². The Morgan fingerprint density at radius 3 is 2.69 bits per heavy atom. The number of carbonyl (C=O) groups is 1. The van der Waals surface area contributed by atoms with E-state index in [1.54, 1.807) is 19.1 Å². The molecule has 3 heterocycles. The number of nitriles is 1. The molecule has 3 N–H and O–H groups in total. The van der Waals surface area contributed by atoms with E-state index in [-0.39, 0.29) is 5.69 Å². The molecule has 0 radical (unpaired) electrons. The maximum absolute atomic E-state index is 14.3. The van der Waals surface area contributed by atoms with Crippen molar-refractivity contribution in [3.63, 3.8) is 0 Å². The predicted molar refractivity (Wildman–Crippen MR) is 133 cm³/mol. The number of alkyl halides is 1. The average Bonchev–Trinajstić information content (AvgIpc) is 2.86. The first kappa shape index (κ1) is 25.6. The smallest absolute Gasteiger partial charge is 0.274 e. The lowest BCUT2D eigenvalue weighted by Gasteiger charge is -2.30. The van der Waals surface area contributed by atoms with Gasteiger partial charge in [0.2, 0.25) is 0 Å². The van der Waals surface area contributed by atoms with Crippen molar-refractivity contribution in [1.82, 2.24) is 14.9 Å². The van der Waals surface area contributed by atoms with Crippen molar-refractivity contribution < 1.29 is 13.9 Å². The highest BCUT2D eigenvalue weighted by atomic mass is 19.1. The highest BCUT2D eigenvalue weighted by Gasteiger charge is 2.21. The molecule has 1 fully saturated rings. The van der Waals surface area contributed by atoms with E-state index in [9.17, 15) is 14.4 Å². The Morgan fingerprint density at radius 1 is 1.34 bits per heavy atom. The fraction of sp³-hybridized carbons (Fsp3) is 0.308. The summed E-state index contributed by atoms with van der Waals surface area (Å²) in [6, 6.07) is 6.86. The number of pyridine rings is 2. The van der Waals surface area contributed by atoms with Crippen LogP contribution in [-0.4, -0.2) is 47.1 Å². The third-order valence-electron chi connectivity index (χ3n) is 5.64. The Kier molecular flexibility index (Phi) is 7.99. The third kappa shape index (κ3) is 6.31. The SMILES string of the molecule is C=C(/C(C#N)=C\C(=C/N)c1cc(NC(=O)c2cc(C(C)(C)F)ccn2)cnc1C)N1CCOCC1. The number of anilines is 1. The number of rotatable bonds is 7. The quantitative estimate of drug-likeness (QED) is 0.461. The van der Waals surface area contributed by atoms with Crippen LogP contribution in [0.3, 0.4) is 0 Å². The number of ether oxygens (including phenoxy) is 1. The molecule has 2 aromatic rings. The molecule has 1 aliphatic rings. The van der Waals surface area contributed by atoms with Gasteiger partial charge in [0.1, 0.15) is 17.4 Å². The Morgan fingerprint density at radius 2 is 2.06 bits per heavy atom. The zero-order valence-electron chi connectivity index (χ0n) is 20.1. The minimum absolute atomic E-state index is 0.0819. The summed E-state index contributed by atoms with van der Waals surface area (Å²) >= 11 is 0. The Balaban J connectivity index is 1.86. The number of nitrogens with one attached hydrogen (secondary N) is 1. The van der Waals surface area contributed by atoms with Crippen LogP contribution in [0.1, 0.15) is 41.2 Å². The molecule has 0 spiro atoms. The van der Waals surface area contributed by atoms with E-state index >= 15 is 0 Å². The molecule has 0 aromatic carbocycles. The number of nitrogens with zero attached hydrogens (tertiary/aromatic N) is 4. The van der Waals surface area contributed by atoms with Gasteiger partial charge < -0.3 is 20.7 Å². The Hall–Kier alpha value is -4.03. The first-order chi connectivity index (χ1) is 16.6. The molecule has 0 atom stereocenters. The van der Waals surface area contributed by atoms with Crippen LogP contribution >= 0.6 is 0 Å². The number of aryl methyl sites for hydroxylation is 1. The molecule has 0 saturated carbocycles. The van der Waals surface area contributed by atoms with E-state index < -0.39 is 11.6 Å². The summed E-state index contributed by atoms with van der Waals surface area (Å²) in [5.74, 6) is -0.500. The molecule has 0 aliphatic carbocycles. The second-order valence-corrected chi connectivity index (χ2v) is 8.55. The molecule has 1 aliphatic heterocycles. The highest BCUT2D eigenvalue weighted by molar-refractivity contribution is 6.03. The van der Waals surface area contributed by atoms with Crippen molar-refractivity contribution in [3.05, 3.63) is 83.2 Å². The van der Waals surface area contributed by atoms with Crippen molar-refractivity contribution in [2.45, 2.75) is 26.4 Å². The number of carbonyl (C=O) groups excluding carboxylic acids is 1. The van der Waals surface area contributed by atoms with Gasteiger partial charge in [-0.15, -0.1) is 0 Å². The van der Waals surface area contributed by atoms with Gasteiger partial charge in [0, 0.05) is 48.0 Å². The van der Waals surface area contributed by atoms with E-state index in [2.05, 4.69) is 27.9 Å². The number of aromatic nitrogens is 2. The molecule has 1 amide bonds. The first-order valence-corrected chi connectivity index (χ1v) is 11.1. The van der Waals surface area contributed by atoms with Gasteiger partial charge >= 0.3 is 0 Å². The molecule has 2 aromatic heterocycles. The van der Waals surface area contributed by atoms with Crippen molar-refractivity contribution in [1.29, 1.82) is 5.26 Å². The topological polar surface area (TPSA) is 117 Å². The lowest BCUT2D eigenvalue weighted by Crippen LogP contribution is -2.35. The second-order valence-electron chi connectivity index (χ2n) is 8.55. The average molecular weight is 477 g/mol. The number of amides is 1. The fourth-order valence-electron chi connectivity index (χ4n) is 3.57. The normalized spacial score (nSPS) is 14.9. The summed E-state index contributed by atoms with van der Waals surface area (Å²) in [6.45, 7) is 11.1. The van der Waals surface area contributed by atoms with Crippen LogP contribution in [0.5, 0.6) is 0 Å². The van der Waals surface area contributed by atoms with Crippen molar-refractivity contribution in [2.75, 3.05) is 31.6 Å². The van der Waals surface area contributed by atoms with Gasteiger partial charge in [0.15, 0.2) is 0 Å². The summed E-state index contributed by atoms with van der Waals surface area (Å²) in [6.07, 6.45) is 5.94. The zero-order chi connectivity index (χ0) is 25.6. The van der Waals surface area contributed by atoms with Crippen LogP contribution in [0.25, 0.3) is 5.57 Å².